The molecule has 6 heterocycles. The summed E-state index contributed by atoms with van der Waals surface area (Å²) in [6, 6.07) is 14.7. The molecule has 5 aliphatic rings. The second kappa shape index (κ2) is 16.8. The molecule has 60 heavy (non-hydrogen) atoms. The van der Waals surface area contributed by atoms with E-state index in [0.717, 1.165) is 92.6 Å². The number of fused-ring (bicyclic) bond motifs is 2. The molecule has 4 aromatic rings. The quantitative estimate of drug-likeness (QED) is 0.211. The molecule has 14 nitrogen and oxygen atoms in total. The number of hydrogen-bond acceptors (Lipinski definition) is 11. The maximum Gasteiger partial charge on any atom is 0.262 e. The average Bonchev–Trinajstić information content (AvgIpc) is 3.79. The van der Waals surface area contributed by atoms with E-state index in [9.17, 15) is 24.0 Å². The molecule has 0 radical (unpaired) electrons. The number of carbonyl (C=O) groups excluding carboxylic acids is 5. The third kappa shape index (κ3) is 7.99. The van der Waals surface area contributed by atoms with Gasteiger partial charge in [0.15, 0.2) is 5.76 Å². The van der Waals surface area contributed by atoms with Gasteiger partial charge in [0.25, 0.3) is 17.7 Å². The van der Waals surface area contributed by atoms with Crippen LogP contribution >= 0.6 is 0 Å². The monoisotopic (exact) mass is 819 g/mol. The number of imide groups is 2. The number of nitrogens with one attached hydrogen (secondary N) is 2. The van der Waals surface area contributed by atoms with Gasteiger partial charge in [-0.3, -0.25) is 34.2 Å². The van der Waals surface area contributed by atoms with Crippen molar-refractivity contribution in [1.29, 1.82) is 0 Å². The van der Waals surface area contributed by atoms with E-state index in [2.05, 4.69) is 25.6 Å². The summed E-state index contributed by atoms with van der Waals surface area (Å²) < 4.78 is 27.7. The number of rotatable bonds is 10. The van der Waals surface area contributed by atoms with Gasteiger partial charge in [-0.2, -0.15) is 0 Å². The van der Waals surface area contributed by atoms with Crippen molar-refractivity contribution < 1.29 is 37.6 Å². The topological polar surface area (TPSA) is 158 Å². The lowest BCUT2D eigenvalue weighted by Crippen LogP contribution is -2.54. The highest BCUT2D eigenvalue weighted by Crippen LogP contribution is 2.36. The predicted molar refractivity (Wildman–Crippen MR) is 220 cm³/mol. The highest BCUT2D eigenvalue weighted by Gasteiger charge is 2.45. The van der Waals surface area contributed by atoms with E-state index in [0.29, 0.717) is 47.5 Å². The molecule has 2 N–H and O–H groups in total. The molecule has 314 valence electrons. The molecule has 4 fully saturated rings. The molecule has 9 rings (SSSR count). The number of benzene rings is 3. The third-order valence-corrected chi connectivity index (χ3v) is 13.1. The van der Waals surface area contributed by atoms with Gasteiger partial charge in [0.1, 0.15) is 29.2 Å². The Morgan fingerprint density at radius 2 is 1.50 bits per heavy atom. The molecule has 0 bridgehead atoms. The lowest BCUT2D eigenvalue weighted by molar-refractivity contribution is -0.136. The number of piperidine rings is 4. The summed E-state index contributed by atoms with van der Waals surface area (Å²) in [5, 5.41) is 9.84. The van der Waals surface area contributed by atoms with Crippen LogP contribution < -0.4 is 20.3 Å². The highest BCUT2D eigenvalue weighted by atomic mass is 19.1. The highest BCUT2D eigenvalue weighted by molar-refractivity contribution is 6.23. The van der Waals surface area contributed by atoms with Gasteiger partial charge >= 0.3 is 0 Å². The van der Waals surface area contributed by atoms with Gasteiger partial charge in [0.05, 0.1) is 22.2 Å². The van der Waals surface area contributed by atoms with Gasteiger partial charge in [0.2, 0.25) is 11.8 Å². The van der Waals surface area contributed by atoms with Crippen molar-refractivity contribution in [2.45, 2.75) is 63.5 Å². The van der Waals surface area contributed by atoms with Crippen LogP contribution in [0.15, 0.2) is 59.1 Å². The lowest BCUT2D eigenvalue weighted by atomic mass is 9.91. The van der Waals surface area contributed by atoms with Crippen LogP contribution in [0.5, 0.6) is 5.75 Å². The number of amides is 5. The van der Waals surface area contributed by atoms with Crippen molar-refractivity contribution in [1.82, 2.24) is 30.5 Å². The summed E-state index contributed by atoms with van der Waals surface area (Å²) in [5.74, 6) is -0.601. The largest absolute Gasteiger partial charge is 0.490 e. The Kier molecular flexibility index (Phi) is 11.1. The van der Waals surface area contributed by atoms with Crippen molar-refractivity contribution in [2.24, 2.45) is 11.8 Å². The lowest BCUT2D eigenvalue weighted by Gasteiger charge is -2.40. The predicted octanol–water partition coefficient (Wildman–Crippen LogP) is 4.87. The van der Waals surface area contributed by atoms with Crippen LogP contribution in [0.3, 0.4) is 0 Å². The Morgan fingerprint density at radius 3 is 2.18 bits per heavy atom. The van der Waals surface area contributed by atoms with E-state index in [-0.39, 0.29) is 36.0 Å². The van der Waals surface area contributed by atoms with Gasteiger partial charge in [-0.15, -0.1) is 0 Å². The molecule has 0 spiro atoms. The number of carbonyl (C=O) groups is 5. The molecule has 3 aromatic carbocycles. The summed E-state index contributed by atoms with van der Waals surface area (Å²) in [7, 11) is 1.61. The molecule has 0 aliphatic carbocycles. The average molecular weight is 820 g/mol. The van der Waals surface area contributed by atoms with Crippen LogP contribution in [0.2, 0.25) is 0 Å². The number of likely N-dealkylation sites (tertiary alicyclic amines) is 2. The molecular formula is C45H50FN7O7. The zero-order chi connectivity index (χ0) is 41.5. The smallest absolute Gasteiger partial charge is 0.262 e. The van der Waals surface area contributed by atoms with Crippen molar-refractivity contribution in [3.63, 3.8) is 0 Å². The summed E-state index contributed by atoms with van der Waals surface area (Å²) in [6.45, 7) is 7.60. The summed E-state index contributed by atoms with van der Waals surface area (Å²) in [5.41, 5.74) is 2.46. The number of halogens is 1. The number of nitrogens with zero attached hydrogens (tertiary/aromatic N) is 5. The second-order valence-electron chi connectivity index (χ2n) is 16.9. The SMILES string of the molecule is CNC(=O)c1ccc2noc(-c3cccc(OC4CCN(CC5CCN(CC6CCN(c7cc8c(cc7F)C(=O)N(C7CCC(=O)NC7=O)C8=O)CC6)CC5)CC4)c3)c2c1. The van der Waals surface area contributed by atoms with E-state index in [1.807, 2.05) is 29.2 Å². The van der Waals surface area contributed by atoms with Crippen LogP contribution in [0.25, 0.3) is 22.2 Å². The number of ether oxygens (including phenoxy) is 1. The Bertz CT molecular complexity index is 2330. The van der Waals surface area contributed by atoms with Crippen LogP contribution in [0, 0.1) is 17.7 Å². The van der Waals surface area contributed by atoms with Crippen molar-refractivity contribution >= 4 is 46.1 Å². The minimum Gasteiger partial charge on any atom is -0.490 e. The van der Waals surface area contributed by atoms with E-state index >= 15 is 4.39 Å². The maximum absolute atomic E-state index is 15.5. The number of hydrogen-bond donors (Lipinski definition) is 2. The summed E-state index contributed by atoms with van der Waals surface area (Å²) in [6.07, 6.45) is 6.31. The first-order valence-corrected chi connectivity index (χ1v) is 21.2. The zero-order valence-corrected chi connectivity index (χ0v) is 33.8. The molecule has 5 aliphatic heterocycles. The molecular weight excluding hydrogens is 770 g/mol. The Balaban J connectivity index is 0.708. The van der Waals surface area contributed by atoms with Gasteiger partial charge in [-0.1, -0.05) is 17.3 Å². The normalized spacial score (nSPS) is 21.5. The second-order valence-corrected chi connectivity index (χ2v) is 16.9. The van der Waals surface area contributed by atoms with Gasteiger partial charge in [0, 0.05) is 63.9 Å². The first-order valence-electron chi connectivity index (χ1n) is 21.2. The summed E-state index contributed by atoms with van der Waals surface area (Å²) >= 11 is 0. The molecule has 4 saturated heterocycles. The number of anilines is 1. The fourth-order valence-corrected chi connectivity index (χ4v) is 9.71. The van der Waals surface area contributed by atoms with E-state index in [4.69, 9.17) is 9.26 Å². The Labute approximate surface area is 347 Å². The molecule has 1 aromatic heterocycles. The minimum atomic E-state index is -1.08. The van der Waals surface area contributed by atoms with E-state index in [1.54, 1.807) is 25.2 Å². The fraction of sp³-hybridized carbons (Fsp3) is 0.467. The summed E-state index contributed by atoms with van der Waals surface area (Å²) in [4.78, 5) is 70.7. The van der Waals surface area contributed by atoms with Gasteiger partial charge in [-0.05, 0) is 112 Å². The molecule has 15 heteroatoms. The van der Waals surface area contributed by atoms with Crippen molar-refractivity contribution in [2.75, 3.05) is 64.3 Å². The van der Waals surface area contributed by atoms with E-state index < -0.39 is 35.5 Å². The molecule has 0 saturated carbocycles. The fourth-order valence-electron chi connectivity index (χ4n) is 9.71. The van der Waals surface area contributed by atoms with E-state index in [1.165, 1.54) is 18.9 Å². The standard InChI is InChI=1S/C45H50FN7O7/c1-47-42(55)30-5-6-37-35(22-30)41(60-49-37)29-3-2-4-32(21-29)59-31-13-17-51(18-14-31)25-27-9-15-50(16-10-27)26-28-11-19-52(20-12-28)39-24-34-33(23-36(39)46)44(57)53(45(34)58)38-7-8-40(54)48-43(38)56/h2-6,21-24,27-28,31,38H,7-20,25-26H2,1H3,(H,47,55)(H,48,54,56). The first kappa shape index (κ1) is 39.8. The third-order valence-electron chi connectivity index (χ3n) is 13.1. The maximum atomic E-state index is 15.5. The van der Waals surface area contributed by atoms with Crippen LogP contribution in [-0.2, 0) is 9.59 Å². The molecule has 5 amide bonds. The molecule has 1 unspecified atom stereocenters. The molecule has 1 atom stereocenters. The van der Waals surface area contributed by atoms with Crippen LogP contribution in [-0.4, -0.2) is 121 Å². The van der Waals surface area contributed by atoms with Crippen molar-refractivity contribution in [3.05, 3.63) is 77.1 Å². The number of aromatic nitrogens is 1. The van der Waals surface area contributed by atoms with Gasteiger partial charge in [-0.25, -0.2) is 4.39 Å². The van der Waals surface area contributed by atoms with Crippen LogP contribution in [0.4, 0.5) is 10.1 Å². The van der Waals surface area contributed by atoms with Crippen molar-refractivity contribution in [3.8, 4) is 17.1 Å². The first-order chi connectivity index (χ1) is 29.1. The Hall–Kier alpha value is -5.67. The van der Waals surface area contributed by atoms with Crippen LogP contribution in [0.1, 0.15) is 82.4 Å². The Morgan fingerprint density at radius 1 is 0.833 bits per heavy atom. The minimum absolute atomic E-state index is 0.0298. The zero-order valence-electron chi connectivity index (χ0n) is 33.8. The van der Waals surface area contributed by atoms with Gasteiger partial charge < -0.3 is 29.3 Å².